The molecule has 1 fully saturated rings. The van der Waals surface area contributed by atoms with E-state index in [0.29, 0.717) is 18.6 Å². The van der Waals surface area contributed by atoms with Gasteiger partial charge in [0.15, 0.2) is 12.4 Å². The first kappa shape index (κ1) is 11.1. The molecule has 1 aromatic rings. The van der Waals surface area contributed by atoms with E-state index in [4.69, 9.17) is 9.47 Å². The van der Waals surface area contributed by atoms with Gasteiger partial charge in [0.05, 0.1) is 12.2 Å². The molecule has 0 radical (unpaired) electrons. The van der Waals surface area contributed by atoms with Crippen molar-refractivity contribution in [2.24, 2.45) is 0 Å². The lowest BCUT2D eigenvalue weighted by Crippen LogP contribution is -2.37. The van der Waals surface area contributed by atoms with Crippen molar-refractivity contribution in [2.75, 3.05) is 6.61 Å². The number of rotatable bonds is 2. The standard InChI is InChI=1S/C12H14O4/c13-11(9-5-2-1-3-6-9)16-10-7-4-8-15-12(10)14/h1-3,5-6,10,12,14H,4,7-8H2/t10-,12-/m1/s1. The predicted octanol–water partition coefficient (Wildman–Crippen LogP) is 1.34. The molecule has 2 rings (SSSR count). The molecule has 0 bridgehead atoms. The Morgan fingerprint density at radius 2 is 2.12 bits per heavy atom. The summed E-state index contributed by atoms with van der Waals surface area (Å²) in [5.74, 6) is -0.421. The molecular weight excluding hydrogens is 208 g/mol. The molecule has 0 aromatic heterocycles. The van der Waals surface area contributed by atoms with Gasteiger partial charge in [0.1, 0.15) is 0 Å². The fourth-order valence-corrected chi connectivity index (χ4v) is 1.64. The first-order chi connectivity index (χ1) is 7.77. The van der Waals surface area contributed by atoms with E-state index in [1.807, 2.05) is 6.07 Å². The van der Waals surface area contributed by atoms with Gasteiger partial charge in [-0.25, -0.2) is 4.79 Å². The molecule has 2 atom stereocenters. The van der Waals surface area contributed by atoms with Crippen molar-refractivity contribution in [3.63, 3.8) is 0 Å². The number of hydrogen-bond donors (Lipinski definition) is 1. The van der Waals surface area contributed by atoms with Crippen molar-refractivity contribution in [1.82, 2.24) is 0 Å². The molecule has 0 aliphatic carbocycles. The third-order valence-electron chi connectivity index (χ3n) is 2.51. The van der Waals surface area contributed by atoms with E-state index in [1.54, 1.807) is 24.3 Å². The summed E-state index contributed by atoms with van der Waals surface area (Å²) in [5.41, 5.74) is 0.486. The summed E-state index contributed by atoms with van der Waals surface area (Å²) < 4.78 is 10.2. The van der Waals surface area contributed by atoms with E-state index < -0.39 is 18.4 Å². The number of esters is 1. The predicted molar refractivity (Wildman–Crippen MR) is 56.8 cm³/mol. The van der Waals surface area contributed by atoms with E-state index in [0.717, 1.165) is 6.42 Å². The van der Waals surface area contributed by atoms with Crippen LogP contribution in [0.15, 0.2) is 30.3 Å². The van der Waals surface area contributed by atoms with Crippen LogP contribution < -0.4 is 0 Å². The van der Waals surface area contributed by atoms with Crippen molar-refractivity contribution in [2.45, 2.75) is 25.2 Å². The van der Waals surface area contributed by atoms with E-state index in [2.05, 4.69) is 0 Å². The lowest BCUT2D eigenvalue weighted by molar-refractivity contribution is -0.186. The fraction of sp³-hybridized carbons (Fsp3) is 0.417. The molecule has 0 spiro atoms. The minimum absolute atomic E-state index is 0.421. The molecule has 0 saturated carbocycles. The minimum Gasteiger partial charge on any atom is -0.453 e. The SMILES string of the molecule is O=C(O[C@@H]1CCCO[C@H]1O)c1ccccc1. The summed E-state index contributed by atoms with van der Waals surface area (Å²) >= 11 is 0. The summed E-state index contributed by atoms with van der Waals surface area (Å²) in [6.45, 7) is 0.514. The maximum absolute atomic E-state index is 11.7. The summed E-state index contributed by atoms with van der Waals surface area (Å²) in [5, 5.41) is 9.47. The maximum Gasteiger partial charge on any atom is 0.338 e. The summed E-state index contributed by atoms with van der Waals surface area (Å²) in [6.07, 6.45) is -0.119. The van der Waals surface area contributed by atoms with E-state index >= 15 is 0 Å². The lowest BCUT2D eigenvalue weighted by Gasteiger charge is -2.27. The van der Waals surface area contributed by atoms with Gasteiger partial charge in [-0.3, -0.25) is 0 Å². The number of benzene rings is 1. The first-order valence-corrected chi connectivity index (χ1v) is 5.33. The van der Waals surface area contributed by atoms with Crippen molar-refractivity contribution in [3.8, 4) is 0 Å². The van der Waals surface area contributed by atoms with Crippen molar-refractivity contribution in [1.29, 1.82) is 0 Å². The molecule has 4 nitrogen and oxygen atoms in total. The van der Waals surface area contributed by atoms with Gasteiger partial charge in [0, 0.05) is 0 Å². The van der Waals surface area contributed by atoms with Gasteiger partial charge < -0.3 is 14.6 Å². The highest BCUT2D eigenvalue weighted by Gasteiger charge is 2.27. The average molecular weight is 222 g/mol. The Hall–Kier alpha value is -1.39. The average Bonchev–Trinajstić information content (AvgIpc) is 2.33. The van der Waals surface area contributed by atoms with Crippen LogP contribution in [0.2, 0.25) is 0 Å². The van der Waals surface area contributed by atoms with Crippen LogP contribution in [0.3, 0.4) is 0 Å². The zero-order valence-electron chi connectivity index (χ0n) is 8.83. The Bertz CT molecular complexity index is 349. The van der Waals surface area contributed by atoms with Gasteiger partial charge in [-0.05, 0) is 25.0 Å². The van der Waals surface area contributed by atoms with Gasteiger partial charge in [-0.1, -0.05) is 18.2 Å². The zero-order chi connectivity index (χ0) is 11.4. The van der Waals surface area contributed by atoms with Crippen molar-refractivity contribution < 1.29 is 19.4 Å². The largest absolute Gasteiger partial charge is 0.453 e. The Balaban J connectivity index is 1.96. The van der Waals surface area contributed by atoms with Crippen molar-refractivity contribution >= 4 is 5.97 Å². The lowest BCUT2D eigenvalue weighted by atomic mass is 10.1. The van der Waals surface area contributed by atoms with E-state index in [-0.39, 0.29) is 0 Å². The number of carbonyl (C=O) groups is 1. The van der Waals surface area contributed by atoms with Crippen LogP contribution in [0.5, 0.6) is 0 Å². The Labute approximate surface area is 93.8 Å². The molecule has 4 heteroatoms. The Morgan fingerprint density at radius 3 is 2.81 bits per heavy atom. The van der Waals surface area contributed by atoms with Crippen LogP contribution >= 0.6 is 0 Å². The van der Waals surface area contributed by atoms with Crippen LogP contribution in [0, 0.1) is 0 Å². The Morgan fingerprint density at radius 1 is 1.38 bits per heavy atom. The van der Waals surface area contributed by atoms with E-state index in [9.17, 15) is 9.90 Å². The molecule has 16 heavy (non-hydrogen) atoms. The highest BCUT2D eigenvalue weighted by molar-refractivity contribution is 5.89. The molecule has 1 N–H and O–H groups in total. The third-order valence-corrected chi connectivity index (χ3v) is 2.51. The number of carbonyl (C=O) groups excluding carboxylic acids is 1. The first-order valence-electron chi connectivity index (χ1n) is 5.33. The van der Waals surface area contributed by atoms with Gasteiger partial charge in [0.25, 0.3) is 0 Å². The van der Waals surface area contributed by atoms with Gasteiger partial charge >= 0.3 is 5.97 Å². The van der Waals surface area contributed by atoms with Crippen LogP contribution in [-0.4, -0.2) is 30.1 Å². The second-order valence-electron chi connectivity index (χ2n) is 3.71. The normalized spacial score (nSPS) is 25.1. The van der Waals surface area contributed by atoms with Crippen LogP contribution in [0.25, 0.3) is 0 Å². The van der Waals surface area contributed by atoms with Crippen molar-refractivity contribution in [3.05, 3.63) is 35.9 Å². The molecule has 86 valence electrons. The van der Waals surface area contributed by atoms with Crippen LogP contribution in [0.1, 0.15) is 23.2 Å². The fourth-order valence-electron chi connectivity index (χ4n) is 1.64. The van der Waals surface area contributed by atoms with Gasteiger partial charge in [-0.15, -0.1) is 0 Å². The summed E-state index contributed by atoms with van der Waals surface area (Å²) in [4.78, 5) is 11.7. The Kier molecular flexibility index (Phi) is 3.54. The van der Waals surface area contributed by atoms with Crippen LogP contribution in [0.4, 0.5) is 0 Å². The molecule has 1 heterocycles. The minimum atomic E-state index is -0.999. The molecule has 1 aromatic carbocycles. The molecule has 1 aliphatic rings. The second-order valence-corrected chi connectivity index (χ2v) is 3.71. The zero-order valence-corrected chi connectivity index (χ0v) is 8.83. The molecule has 0 unspecified atom stereocenters. The maximum atomic E-state index is 11.7. The number of aliphatic hydroxyl groups is 1. The highest BCUT2D eigenvalue weighted by atomic mass is 16.6. The highest BCUT2D eigenvalue weighted by Crippen LogP contribution is 2.17. The quantitative estimate of drug-likeness (QED) is 0.767. The monoisotopic (exact) mass is 222 g/mol. The summed E-state index contributed by atoms with van der Waals surface area (Å²) in [6, 6.07) is 8.72. The second kappa shape index (κ2) is 5.09. The number of aliphatic hydroxyl groups excluding tert-OH is 1. The topological polar surface area (TPSA) is 55.8 Å². The number of ether oxygens (including phenoxy) is 2. The smallest absolute Gasteiger partial charge is 0.338 e. The van der Waals surface area contributed by atoms with Gasteiger partial charge in [-0.2, -0.15) is 0 Å². The van der Waals surface area contributed by atoms with E-state index in [1.165, 1.54) is 0 Å². The van der Waals surface area contributed by atoms with Gasteiger partial charge in [0.2, 0.25) is 0 Å². The molecule has 1 aliphatic heterocycles. The molecular formula is C12H14O4. The van der Waals surface area contributed by atoms with Crippen LogP contribution in [-0.2, 0) is 9.47 Å². The molecule has 0 amide bonds. The molecule has 1 saturated heterocycles. The summed E-state index contributed by atoms with van der Waals surface area (Å²) in [7, 11) is 0. The third kappa shape index (κ3) is 2.59. The number of hydrogen-bond acceptors (Lipinski definition) is 4.